The lowest BCUT2D eigenvalue weighted by Gasteiger charge is -2.16. The summed E-state index contributed by atoms with van der Waals surface area (Å²) in [7, 11) is 2.76. The maximum Gasteiger partial charge on any atom is 0.378 e. The van der Waals surface area contributed by atoms with E-state index in [1.807, 2.05) is 0 Å². The number of benzene rings is 1. The van der Waals surface area contributed by atoms with Crippen molar-refractivity contribution in [3.05, 3.63) is 34.9 Å². The first-order chi connectivity index (χ1) is 5.93. The summed E-state index contributed by atoms with van der Waals surface area (Å²) in [6, 6.07) is 6.64. The number of amides is 1. The fraction of sp³-hybridized carbons (Fsp3) is 0.222. The van der Waals surface area contributed by atoms with Crippen molar-refractivity contribution in [2.75, 3.05) is 14.1 Å². The van der Waals surface area contributed by atoms with Crippen LogP contribution >= 0.6 is 11.6 Å². The van der Waals surface area contributed by atoms with Crippen LogP contribution in [-0.2, 0) is 0 Å². The number of quaternary nitrogens is 1. The molecule has 0 fully saturated rings. The normalized spacial score (nSPS) is 11.4. The molecule has 0 saturated carbocycles. The summed E-state index contributed by atoms with van der Waals surface area (Å²) in [4.78, 5) is 11.5. The topological polar surface area (TPSA) is 37.3 Å². The Balaban J connectivity index is 3.10. The Bertz CT molecular complexity index is 331. The Morgan fingerprint density at radius 1 is 1.38 bits per heavy atom. The van der Waals surface area contributed by atoms with Gasteiger partial charge >= 0.3 is 5.91 Å². The smallest absolute Gasteiger partial charge is 0.222 e. The quantitative estimate of drug-likeness (QED) is 0.428. The van der Waals surface area contributed by atoms with Crippen LogP contribution < -0.4 is 0 Å². The van der Waals surface area contributed by atoms with Gasteiger partial charge in [-0.15, -0.1) is 4.65 Å². The largest absolute Gasteiger partial charge is 0.378 e. The van der Waals surface area contributed by atoms with Crippen LogP contribution in [0.25, 0.3) is 0 Å². The van der Waals surface area contributed by atoms with Crippen molar-refractivity contribution in [2.45, 2.75) is 0 Å². The number of nitrogens with zero attached hydrogens (tertiary/aromatic N) is 1. The van der Waals surface area contributed by atoms with E-state index in [0.717, 1.165) is 0 Å². The van der Waals surface area contributed by atoms with Crippen LogP contribution in [0.4, 0.5) is 0 Å². The summed E-state index contributed by atoms with van der Waals surface area (Å²) in [6.45, 7) is 0. The monoisotopic (exact) mass is 200 g/mol. The highest BCUT2D eigenvalue weighted by Crippen LogP contribution is 2.17. The minimum Gasteiger partial charge on any atom is -0.222 e. The fourth-order valence-corrected chi connectivity index (χ4v) is 1.15. The van der Waals surface area contributed by atoms with Crippen molar-refractivity contribution in [1.29, 1.82) is 0 Å². The van der Waals surface area contributed by atoms with Gasteiger partial charge in [-0.05, 0) is 12.1 Å². The van der Waals surface area contributed by atoms with Gasteiger partial charge in [-0.25, -0.2) is 10.0 Å². The molecule has 0 aliphatic heterocycles. The molecule has 0 atom stereocenters. The van der Waals surface area contributed by atoms with Gasteiger partial charge in [-0.1, -0.05) is 23.7 Å². The molecule has 0 aliphatic rings. The molecule has 0 aliphatic carbocycles. The van der Waals surface area contributed by atoms with Gasteiger partial charge in [0.25, 0.3) is 0 Å². The zero-order chi connectivity index (χ0) is 10.1. The predicted octanol–water partition coefficient (Wildman–Crippen LogP) is 1.95. The number of hydrogen-bond acceptors (Lipinski definition) is 2. The maximum atomic E-state index is 11.5. The van der Waals surface area contributed by atoms with Crippen molar-refractivity contribution >= 4 is 17.5 Å². The third-order valence-electron chi connectivity index (χ3n) is 1.60. The standard InChI is InChI=1S/C9H11ClNO2/c1-11(2,13)9(12)7-5-3-4-6-8(7)10/h3-6,13H,1-2H3/q+1. The Kier molecular flexibility index (Phi) is 2.71. The van der Waals surface area contributed by atoms with Crippen LogP contribution in [0.5, 0.6) is 0 Å². The zero-order valence-corrected chi connectivity index (χ0v) is 8.25. The van der Waals surface area contributed by atoms with E-state index in [0.29, 0.717) is 10.6 Å². The van der Waals surface area contributed by atoms with E-state index in [4.69, 9.17) is 11.6 Å². The van der Waals surface area contributed by atoms with Gasteiger partial charge in [0.15, 0.2) is 0 Å². The molecule has 13 heavy (non-hydrogen) atoms. The summed E-state index contributed by atoms with van der Waals surface area (Å²) < 4.78 is -0.746. The van der Waals surface area contributed by atoms with Gasteiger partial charge in [0.05, 0.1) is 5.02 Å². The summed E-state index contributed by atoms with van der Waals surface area (Å²) in [5, 5.41) is 9.75. The molecule has 0 spiro atoms. The molecule has 1 aromatic rings. The van der Waals surface area contributed by atoms with Gasteiger partial charge < -0.3 is 0 Å². The van der Waals surface area contributed by atoms with Crippen LogP contribution in [-0.4, -0.2) is 29.9 Å². The number of halogens is 1. The van der Waals surface area contributed by atoms with E-state index in [1.54, 1.807) is 24.3 Å². The van der Waals surface area contributed by atoms with Gasteiger partial charge in [0, 0.05) is 0 Å². The first-order valence-corrected chi connectivity index (χ1v) is 4.17. The Morgan fingerprint density at radius 2 is 1.92 bits per heavy atom. The van der Waals surface area contributed by atoms with Gasteiger partial charge in [-0.3, -0.25) is 0 Å². The van der Waals surface area contributed by atoms with E-state index in [1.165, 1.54) is 14.1 Å². The molecular formula is C9H11ClNO2+. The van der Waals surface area contributed by atoms with Crippen molar-refractivity contribution in [2.24, 2.45) is 0 Å². The lowest BCUT2D eigenvalue weighted by molar-refractivity contribution is -1.00. The highest BCUT2D eigenvalue weighted by molar-refractivity contribution is 6.33. The van der Waals surface area contributed by atoms with Crippen LogP contribution in [0, 0.1) is 0 Å². The Morgan fingerprint density at radius 3 is 2.38 bits per heavy atom. The van der Waals surface area contributed by atoms with E-state index in [9.17, 15) is 10.0 Å². The molecule has 70 valence electrons. The number of carbonyl (C=O) groups excluding carboxylic acids is 1. The molecule has 1 rings (SSSR count). The molecule has 0 unspecified atom stereocenters. The molecule has 4 heteroatoms. The van der Waals surface area contributed by atoms with Crippen LogP contribution in [0.1, 0.15) is 10.4 Å². The molecule has 0 radical (unpaired) electrons. The third-order valence-corrected chi connectivity index (χ3v) is 1.93. The minimum atomic E-state index is -0.746. The van der Waals surface area contributed by atoms with Crippen molar-refractivity contribution in [1.82, 2.24) is 0 Å². The van der Waals surface area contributed by atoms with Crippen molar-refractivity contribution in [3.8, 4) is 0 Å². The molecule has 0 aromatic heterocycles. The second kappa shape index (κ2) is 3.46. The lowest BCUT2D eigenvalue weighted by atomic mass is 10.2. The second-order valence-corrected chi connectivity index (χ2v) is 3.59. The SMILES string of the molecule is C[N+](C)(O)C(=O)c1ccccc1Cl. The van der Waals surface area contributed by atoms with Gasteiger partial charge in [0.2, 0.25) is 0 Å². The molecule has 0 bridgehead atoms. The average molecular weight is 201 g/mol. The number of hydrogen-bond donors (Lipinski definition) is 1. The first-order valence-electron chi connectivity index (χ1n) is 3.79. The van der Waals surface area contributed by atoms with Crippen molar-refractivity contribution < 1.29 is 14.6 Å². The number of hydroxylamine groups is 3. The van der Waals surface area contributed by atoms with E-state index >= 15 is 0 Å². The van der Waals surface area contributed by atoms with Crippen molar-refractivity contribution in [3.63, 3.8) is 0 Å². The average Bonchev–Trinajstić information content (AvgIpc) is 2.02. The predicted molar refractivity (Wildman–Crippen MR) is 49.7 cm³/mol. The molecule has 1 aromatic carbocycles. The summed E-state index contributed by atoms with van der Waals surface area (Å²) in [5.74, 6) is -0.425. The third kappa shape index (κ3) is 2.28. The Hall–Kier alpha value is -0.900. The van der Waals surface area contributed by atoms with E-state index in [2.05, 4.69) is 0 Å². The minimum absolute atomic E-state index is 0.330. The highest BCUT2D eigenvalue weighted by atomic mass is 35.5. The van der Waals surface area contributed by atoms with Gasteiger partial charge in [-0.2, -0.15) is 0 Å². The van der Waals surface area contributed by atoms with Crippen LogP contribution in [0.15, 0.2) is 24.3 Å². The van der Waals surface area contributed by atoms with Crippen LogP contribution in [0.3, 0.4) is 0 Å². The maximum absolute atomic E-state index is 11.5. The Labute approximate surface area is 81.7 Å². The summed E-state index contributed by atoms with van der Waals surface area (Å²) in [6.07, 6.45) is 0. The zero-order valence-electron chi connectivity index (χ0n) is 7.49. The molecule has 1 amide bonds. The van der Waals surface area contributed by atoms with Crippen LogP contribution in [0.2, 0.25) is 5.02 Å². The summed E-state index contributed by atoms with van der Waals surface area (Å²) in [5.41, 5.74) is 0.330. The number of rotatable bonds is 1. The van der Waals surface area contributed by atoms with E-state index in [-0.39, 0.29) is 0 Å². The highest BCUT2D eigenvalue weighted by Gasteiger charge is 2.27. The molecule has 0 saturated heterocycles. The number of carbonyl (C=O) groups is 1. The first kappa shape index (κ1) is 10.2. The molecular weight excluding hydrogens is 190 g/mol. The van der Waals surface area contributed by atoms with E-state index < -0.39 is 10.6 Å². The summed E-state index contributed by atoms with van der Waals surface area (Å²) >= 11 is 5.78. The molecule has 3 nitrogen and oxygen atoms in total. The second-order valence-electron chi connectivity index (χ2n) is 3.18. The molecule has 1 N–H and O–H groups in total. The lowest BCUT2D eigenvalue weighted by Crippen LogP contribution is -2.42. The molecule has 0 heterocycles. The van der Waals surface area contributed by atoms with Gasteiger partial charge in [0.1, 0.15) is 19.7 Å². The fourth-order valence-electron chi connectivity index (χ4n) is 0.929.